The van der Waals surface area contributed by atoms with Gasteiger partial charge in [0.15, 0.2) is 0 Å². The monoisotopic (exact) mass is 340 g/mol. The summed E-state index contributed by atoms with van der Waals surface area (Å²) in [6, 6.07) is 2.23. The third-order valence-electron chi connectivity index (χ3n) is 3.69. The lowest BCUT2D eigenvalue weighted by Crippen LogP contribution is -2.54. The predicted molar refractivity (Wildman–Crippen MR) is 93.0 cm³/mol. The Morgan fingerprint density at radius 1 is 1.48 bits per heavy atom. The van der Waals surface area contributed by atoms with E-state index in [0.29, 0.717) is 26.3 Å². The van der Waals surface area contributed by atoms with E-state index in [-0.39, 0.29) is 12.1 Å². The number of hydrogen-bond acceptors (Lipinski definition) is 5. The highest BCUT2D eigenvalue weighted by Crippen LogP contribution is 2.20. The lowest BCUT2D eigenvalue weighted by molar-refractivity contribution is -0.0317. The molecule has 2 heterocycles. The summed E-state index contributed by atoms with van der Waals surface area (Å²) in [4.78, 5) is 16.8. The molecule has 1 amide bonds. The predicted octanol–water partition coefficient (Wildman–Crippen LogP) is 3.09. The van der Waals surface area contributed by atoms with Crippen LogP contribution in [0.5, 0.6) is 0 Å². The molecule has 1 fully saturated rings. The highest BCUT2D eigenvalue weighted by Gasteiger charge is 2.30. The second kappa shape index (κ2) is 7.64. The third kappa shape index (κ3) is 5.48. The van der Waals surface area contributed by atoms with E-state index in [2.05, 4.69) is 25.2 Å². The molecular formula is C17H28N2O3S. The number of morpholine rings is 1. The molecule has 130 valence electrons. The lowest BCUT2D eigenvalue weighted by atomic mass is 10.2. The van der Waals surface area contributed by atoms with Crippen LogP contribution >= 0.6 is 11.3 Å². The van der Waals surface area contributed by atoms with Crippen molar-refractivity contribution in [2.75, 3.05) is 26.3 Å². The first-order valence-corrected chi connectivity index (χ1v) is 8.92. The first-order chi connectivity index (χ1) is 10.8. The molecule has 23 heavy (non-hydrogen) atoms. The number of aryl methyl sites for hydroxylation is 2. The summed E-state index contributed by atoms with van der Waals surface area (Å²) in [7, 11) is 0. The number of amides is 1. The van der Waals surface area contributed by atoms with Crippen molar-refractivity contribution in [2.24, 2.45) is 0 Å². The highest BCUT2D eigenvalue weighted by molar-refractivity contribution is 7.12. The summed E-state index contributed by atoms with van der Waals surface area (Å²) in [6.45, 7) is 13.2. The van der Waals surface area contributed by atoms with Gasteiger partial charge in [0.2, 0.25) is 0 Å². The lowest BCUT2D eigenvalue weighted by Gasteiger charge is -2.36. The van der Waals surface area contributed by atoms with Crippen molar-refractivity contribution in [3.8, 4) is 0 Å². The molecule has 1 aromatic rings. The second-order valence-corrected chi connectivity index (χ2v) is 8.43. The van der Waals surface area contributed by atoms with Gasteiger partial charge >= 0.3 is 6.09 Å². The first kappa shape index (κ1) is 18.2. The summed E-state index contributed by atoms with van der Waals surface area (Å²) in [5.41, 5.74) is 0.853. The van der Waals surface area contributed by atoms with Gasteiger partial charge in [-0.15, -0.1) is 11.3 Å². The van der Waals surface area contributed by atoms with Crippen molar-refractivity contribution < 1.29 is 14.3 Å². The van der Waals surface area contributed by atoms with Crippen LogP contribution in [0.3, 0.4) is 0 Å². The van der Waals surface area contributed by atoms with E-state index in [1.807, 2.05) is 32.1 Å². The number of nitrogens with zero attached hydrogens (tertiary/aromatic N) is 1. The van der Waals surface area contributed by atoms with Crippen LogP contribution in [-0.2, 0) is 16.0 Å². The van der Waals surface area contributed by atoms with Crippen molar-refractivity contribution in [1.29, 1.82) is 0 Å². The molecule has 1 aliphatic heterocycles. The van der Waals surface area contributed by atoms with Crippen LogP contribution in [0.15, 0.2) is 6.07 Å². The van der Waals surface area contributed by atoms with E-state index in [0.717, 1.165) is 6.54 Å². The van der Waals surface area contributed by atoms with E-state index in [9.17, 15) is 4.79 Å². The fourth-order valence-electron chi connectivity index (χ4n) is 2.62. The molecule has 0 saturated carbocycles. The van der Waals surface area contributed by atoms with E-state index in [1.165, 1.54) is 15.3 Å². The minimum atomic E-state index is -0.474. The number of rotatable bonds is 4. The van der Waals surface area contributed by atoms with Gasteiger partial charge in [0, 0.05) is 29.4 Å². The molecule has 0 radical (unpaired) electrons. The topological polar surface area (TPSA) is 50.8 Å². The number of carbonyl (C=O) groups is 1. The SMILES string of the molecule is Cc1cc(CNCC2COCCN2C(=O)OC(C)(C)C)c(C)s1. The Hall–Kier alpha value is -1.11. The van der Waals surface area contributed by atoms with Crippen molar-refractivity contribution in [3.63, 3.8) is 0 Å². The Kier molecular flexibility index (Phi) is 6.06. The molecule has 1 unspecified atom stereocenters. The molecule has 1 atom stereocenters. The summed E-state index contributed by atoms with van der Waals surface area (Å²) < 4.78 is 11.0. The van der Waals surface area contributed by atoms with Gasteiger partial charge in [-0.05, 0) is 46.2 Å². The molecule has 0 aliphatic carbocycles. The zero-order valence-electron chi connectivity index (χ0n) is 14.8. The van der Waals surface area contributed by atoms with Crippen LogP contribution in [0.1, 0.15) is 36.1 Å². The van der Waals surface area contributed by atoms with Crippen LogP contribution < -0.4 is 5.32 Å². The number of carbonyl (C=O) groups excluding carboxylic acids is 1. The normalized spacial score (nSPS) is 19.0. The zero-order chi connectivity index (χ0) is 17.0. The zero-order valence-corrected chi connectivity index (χ0v) is 15.6. The fraction of sp³-hybridized carbons (Fsp3) is 0.706. The van der Waals surface area contributed by atoms with Crippen LogP contribution in [0, 0.1) is 13.8 Å². The van der Waals surface area contributed by atoms with E-state index >= 15 is 0 Å². The molecule has 0 aromatic carbocycles. The Morgan fingerprint density at radius 2 is 2.22 bits per heavy atom. The summed E-state index contributed by atoms with van der Waals surface area (Å²) in [5, 5.41) is 3.45. The van der Waals surface area contributed by atoms with Gasteiger partial charge in [-0.3, -0.25) is 4.90 Å². The molecule has 0 bridgehead atoms. The maximum absolute atomic E-state index is 12.3. The maximum atomic E-state index is 12.3. The van der Waals surface area contributed by atoms with Crippen molar-refractivity contribution in [1.82, 2.24) is 10.2 Å². The quantitative estimate of drug-likeness (QED) is 0.915. The molecule has 1 N–H and O–H groups in total. The largest absolute Gasteiger partial charge is 0.444 e. The molecule has 1 aliphatic rings. The number of hydrogen-bond donors (Lipinski definition) is 1. The molecule has 2 rings (SSSR count). The highest BCUT2D eigenvalue weighted by atomic mass is 32.1. The van der Waals surface area contributed by atoms with Crippen LogP contribution in [0.4, 0.5) is 4.79 Å². The minimum absolute atomic E-state index is 0.0126. The van der Waals surface area contributed by atoms with E-state index in [1.54, 1.807) is 4.90 Å². The smallest absolute Gasteiger partial charge is 0.410 e. The van der Waals surface area contributed by atoms with Crippen molar-refractivity contribution in [3.05, 3.63) is 21.4 Å². The van der Waals surface area contributed by atoms with Crippen LogP contribution in [0.25, 0.3) is 0 Å². The molecule has 0 spiro atoms. The van der Waals surface area contributed by atoms with Crippen molar-refractivity contribution >= 4 is 17.4 Å². The minimum Gasteiger partial charge on any atom is -0.444 e. The van der Waals surface area contributed by atoms with Gasteiger partial charge in [0.1, 0.15) is 5.60 Å². The Bertz CT molecular complexity index is 536. The van der Waals surface area contributed by atoms with Gasteiger partial charge < -0.3 is 14.8 Å². The Balaban J connectivity index is 1.88. The standard InChI is InChI=1S/C17H28N2O3S/c1-12-8-14(13(2)23-12)9-18-10-15-11-21-7-6-19(15)16(20)22-17(3,4)5/h8,15,18H,6-7,9-11H2,1-5H3. The summed E-state index contributed by atoms with van der Waals surface area (Å²) >= 11 is 1.82. The first-order valence-electron chi connectivity index (χ1n) is 8.10. The number of thiophene rings is 1. The molecular weight excluding hydrogens is 312 g/mol. The Morgan fingerprint density at radius 3 is 2.83 bits per heavy atom. The molecule has 6 heteroatoms. The molecule has 1 aromatic heterocycles. The van der Waals surface area contributed by atoms with Crippen LogP contribution in [-0.4, -0.2) is 48.9 Å². The van der Waals surface area contributed by atoms with Crippen molar-refractivity contribution in [2.45, 2.75) is 52.8 Å². The van der Waals surface area contributed by atoms with Gasteiger partial charge in [-0.2, -0.15) is 0 Å². The van der Waals surface area contributed by atoms with Gasteiger partial charge in [0.05, 0.1) is 19.3 Å². The van der Waals surface area contributed by atoms with E-state index < -0.39 is 5.60 Å². The van der Waals surface area contributed by atoms with Gasteiger partial charge in [-0.25, -0.2) is 4.79 Å². The summed E-state index contributed by atoms with van der Waals surface area (Å²) in [5.74, 6) is 0. The average Bonchev–Trinajstić information content (AvgIpc) is 2.75. The fourth-order valence-corrected chi connectivity index (χ4v) is 3.56. The van der Waals surface area contributed by atoms with Gasteiger partial charge in [-0.1, -0.05) is 0 Å². The number of nitrogens with one attached hydrogen (secondary N) is 1. The average molecular weight is 340 g/mol. The van der Waals surface area contributed by atoms with Gasteiger partial charge in [0.25, 0.3) is 0 Å². The van der Waals surface area contributed by atoms with Crippen LogP contribution in [0.2, 0.25) is 0 Å². The number of ether oxygens (including phenoxy) is 2. The maximum Gasteiger partial charge on any atom is 0.410 e. The molecule has 1 saturated heterocycles. The molecule has 5 nitrogen and oxygen atoms in total. The van der Waals surface area contributed by atoms with E-state index in [4.69, 9.17) is 9.47 Å². The third-order valence-corrected chi connectivity index (χ3v) is 4.70. The summed E-state index contributed by atoms with van der Waals surface area (Å²) in [6.07, 6.45) is -0.254. The Labute approximate surface area is 143 Å². The second-order valence-electron chi connectivity index (χ2n) is 6.97.